The number of nitrogens with zero attached hydrogens (tertiary/aromatic N) is 2. The van der Waals surface area contributed by atoms with Crippen LogP contribution in [0.5, 0.6) is 0 Å². The van der Waals surface area contributed by atoms with E-state index in [2.05, 4.69) is 108 Å². The summed E-state index contributed by atoms with van der Waals surface area (Å²) in [7, 11) is 1.96. The Hall–Kier alpha value is -5.02. The third kappa shape index (κ3) is 4.82. The molecule has 0 aliphatic carbocycles. The van der Waals surface area contributed by atoms with Crippen molar-refractivity contribution in [1.82, 2.24) is 9.97 Å². The summed E-state index contributed by atoms with van der Waals surface area (Å²) in [4.78, 5) is 9.86. The molecular weight excluding hydrogens is 462 g/mol. The minimum absolute atomic E-state index is 0.724. The fraction of sp³-hybridized carbons (Fsp3) is 0.0286. The van der Waals surface area contributed by atoms with Crippen LogP contribution in [0, 0.1) is 0 Å². The van der Waals surface area contributed by atoms with E-state index in [1.807, 2.05) is 43.4 Å². The number of aromatic nitrogens is 2. The predicted molar refractivity (Wildman–Crippen MR) is 159 cm³/mol. The van der Waals surface area contributed by atoms with Crippen molar-refractivity contribution in [3.8, 4) is 56.2 Å². The van der Waals surface area contributed by atoms with E-state index in [-0.39, 0.29) is 0 Å². The lowest BCUT2D eigenvalue weighted by Gasteiger charge is -2.12. The number of anilines is 1. The third-order valence-electron chi connectivity index (χ3n) is 6.71. The first-order valence-corrected chi connectivity index (χ1v) is 12.8. The number of hydrogen-bond acceptors (Lipinski definition) is 3. The van der Waals surface area contributed by atoms with Gasteiger partial charge >= 0.3 is 0 Å². The molecule has 0 atom stereocenters. The standard InChI is InChI=1S/C35H27N3/c1-36-32-18-9-8-17-31(32)30-16-10-15-29(23-30)25-19-21-27(22-20-25)34-24-33(26-11-4-2-5-12-26)37-35(38-34)28-13-6-3-7-14-28/h2-24,36H,1H3. The molecule has 182 valence electrons. The van der Waals surface area contributed by atoms with Gasteiger partial charge in [0.2, 0.25) is 0 Å². The SMILES string of the molecule is CNc1ccccc1-c1cccc(-c2ccc(-c3cc(-c4ccccc4)nc(-c4ccccc4)n3)cc2)c1. The van der Waals surface area contributed by atoms with Crippen molar-refractivity contribution in [3.05, 3.63) is 140 Å². The van der Waals surface area contributed by atoms with E-state index in [1.165, 1.54) is 16.7 Å². The van der Waals surface area contributed by atoms with Gasteiger partial charge in [-0.3, -0.25) is 0 Å². The summed E-state index contributed by atoms with van der Waals surface area (Å²) in [6.07, 6.45) is 0. The lowest BCUT2D eigenvalue weighted by atomic mass is 9.97. The molecule has 0 fully saturated rings. The van der Waals surface area contributed by atoms with Gasteiger partial charge in [-0.05, 0) is 34.9 Å². The smallest absolute Gasteiger partial charge is 0.160 e. The number of nitrogens with one attached hydrogen (secondary N) is 1. The zero-order valence-electron chi connectivity index (χ0n) is 21.2. The van der Waals surface area contributed by atoms with Crippen molar-refractivity contribution in [1.29, 1.82) is 0 Å². The highest BCUT2D eigenvalue weighted by atomic mass is 14.9. The fourth-order valence-electron chi connectivity index (χ4n) is 4.72. The van der Waals surface area contributed by atoms with Crippen molar-refractivity contribution in [2.45, 2.75) is 0 Å². The summed E-state index contributed by atoms with van der Waals surface area (Å²) in [6.45, 7) is 0. The summed E-state index contributed by atoms with van der Waals surface area (Å²) in [5.41, 5.74) is 10.8. The van der Waals surface area contributed by atoms with Crippen LogP contribution >= 0.6 is 0 Å². The molecule has 38 heavy (non-hydrogen) atoms. The van der Waals surface area contributed by atoms with E-state index >= 15 is 0 Å². The Balaban J connectivity index is 1.38. The Kier molecular flexibility index (Phi) is 6.48. The Morgan fingerprint density at radius 2 is 0.947 bits per heavy atom. The predicted octanol–water partition coefficient (Wildman–Crippen LogP) is 8.85. The van der Waals surface area contributed by atoms with Gasteiger partial charge in [-0.1, -0.05) is 121 Å². The largest absolute Gasteiger partial charge is 0.388 e. The van der Waals surface area contributed by atoms with Crippen LogP contribution in [0.1, 0.15) is 0 Å². The second kappa shape index (κ2) is 10.5. The van der Waals surface area contributed by atoms with Gasteiger partial charge in [0.15, 0.2) is 5.82 Å². The number of hydrogen-bond donors (Lipinski definition) is 1. The number of benzene rings is 5. The molecule has 3 heteroatoms. The lowest BCUT2D eigenvalue weighted by Crippen LogP contribution is -1.95. The van der Waals surface area contributed by atoms with Crippen LogP contribution in [0.2, 0.25) is 0 Å². The average Bonchev–Trinajstić information content (AvgIpc) is 3.02. The maximum atomic E-state index is 4.96. The highest BCUT2D eigenvalue weighted by molar-refractivity contribution is 5.81. The van der Waals surface area contributed by atoms with Crippen LogP contribution in [0.15, 0.2) is 140 Å². The maximum Gasteiger partial charge on any atom is 0.160 e. The first-order chi connectivity index (χ1) is 18.8. The van der Waals surface area contributed by atoms with Gasteiger partial charge < -0.3 is 5.32 Å². The van der Waals surface area contributed by atoms with Crippen LogP contribution in [0.4, 0.5) is 5.69 Å². The van der Waals surface area contributed by atoms with Crippen LogP contribution in [-0.4, -0.2) is 17.0 Å². The Labute approximate surface area is 223 Å². The van der Waals surface area contributed by atoms with Crippen molar-refractivity contribution in [2.24, 2.45) is 0 Å². The van der Waals surface area contributed by atoms with Crippen LogP contribution in [0.25, 0.3) is 56.2 Å². The molecule has 1 N–H and O–H groups in total. The molecule has 0 aliphatic rings. The first-order valence-electron chi connectivity index (χ1n) is 12.8. The molecule has 0 radical (unpaired) electrons. The van der Waals surface area contributed by atoms with Crippen molar-refractivity contribution in [2.75, 3.05) is 12.4 Å². The Morgan fingerprint density at radius 3 is 1.63 bits per heavy atom. The van der Waals surface area contributed by atoms with E-state index in [0.29, 0.717) is 0 Å². The molecule has 0 spiro atoms. The van der Waals surface area contributed by atoms with Crippen LogP contribution in [0.3, 0.4) is 0 Å². The van der Waals surface area contributed by atoms with Crippen molar-refractivity contribution in [3.63, 3.8) is 0 Å². The van der Waals surface area contributed by atoms with E-state index in [0.717, 1.165) is 45.2 Å². The first kappa shape index (κ1) is 23.4. The number of rotatable bonds is 6. The average molecular weight is 490 g/mol. The van der Waals surface area contributed by atoms with Gasteiger partial charge in [-0.2, -0.15) is 0 Å². The van der Waals surface area contributed by atoms with E-state index < -0.39 is 0 Å². The highest BCUT2D eigenvalue weighted by Gasteiger charge is 2.11. The zero-order chi connectivity index (χ0) is 25.7. The lowest BCUT2D eigenvalue weighted by molar-refractivity contribution is 1.18. The third-order valence-corrected chi connectivity index (χ3v) is 6.71. The van der Waals surface area contributed by atoms with E-state index in [4.69, 9.17) is 9.97 Å². The molecule has 0 unspecified atom stereocenters. The maximum absolute atomic E-state index is 4.96. The van der Waals surface area contributed by atoms with Crippen molar-refractivity contribution < 1.29 is 0 Å². The number of para-hydroxylation sites is 1. The molecule has 3 nitrogen and oxygen atoms in total. The summed E-state index contributed by atoms with van der Waals surface area (Å²) in [5.74, 6) is 0.724. The van der Waals surface area contributed by atoms with Gasteiger partial charge in [0.05, 0.1) is 11.4 Å². The van der Waals surface area contributed by atoms with Crippen molar-refractivity contribution >= 4 is 5.69 Å². The van der Waals surface area contributed by atoms with Gasteiger partial charge in [0, 0.05) is 35.0 Å². The molecule has 0 amide bonds. The second-order valence-corrected chi connectivity index (χ2v) is 9.15. The van der Waals surface area contributed by atoms with Crippen LogP contribution in [-0.2, 0) is 0 Å². The van der Waals surface area contributed by atoms with E-state index in [9.17, 15) is 0 Å². The van der Waals surface area contributed by atoms with Gasteiger partial charge in [0.25, 0.3) is 0 Å². The molecular formula is C35H27N3. The fourth-order valence-corrected chi connectivity index (χ4v) is 4.72. The topological polar surface area (TPSA) is 37.8 Å². The Bertz CT molecular complexity index is 1620. The molecule has 1 aromatic heterocycles. The van der Waals surface area contributed by atoms with Gasteiger partial charge in [0.1, 0.15) is 0 Å². The Morgan fingerprint density at radius 1 is 0.421 bits per heavy atom. The zero-order valence-corrected chi connectivity index (χ0v) is 21.2. The summed E-state index contributed by atoms with van der Waals surface area (Å²) in [5, 5.41) is 3.30. The van der Waals surface area contributed by atoms with E-state index in [1.54, 1.807) is 0 Å². The molecule has 1 heterocycles. The van der Waals surface area contributed by atoms with Gasteiger partial charge in [-0.15, -0.1) is 0 Å². The molecule has 0 aliphatic heterocycles. The molecule has 6 rings (SSSR count). The normalized spacial score (nSPS) is 10.8. The minimum Gasteiger partial charge on any atom is -0.388 e. The quantitative estimate of drug-likeness (QED) is 0.254. The van der Waals surface area contributed by atoms with Crippen LogP contribution < -0.4 is 5.32 Å². The molecule has 0 saturated carbocycles. The molecule has 0 saturated heterocycles. The summed E-state index contributed by atoms with van der Waals surface area (Å²) >= 11 is 0. The molecule has 0 bridgehead atoms. The molecule has 6 aromatic rings. The minimum atomic E-state index is 0.724. The monoisotopic (exact) mass is 489 g/mol. The summed E-state index contributed by atoms with van der Waals surface area (Å²) < 4.78 is 0. The molecule has 5 aromatic carbocycles. The highest BCUT2D eigenvalue weighted by Crippen LogP contribution is 2.33. The second-order valence-electron chi connectivity index (χ2n) is 9.15. The summed E-state index contributed by atoms with van der Waals surface area (Å²) in [6, 6.07) is 48.2. The van der Waals surface area contributed by atoms with Gasteiger partial charge in [-0.25, -0.2) is 9.97 Å².